The molecule has 0 aromatic heterocycles. The van der Waals surface area contributed by atoms with Gasteiger partial charge in [-0.15, -0.1) is 0 Å². The number of nitrogens with zero attached hydrogens (tertiary/aromatic N) is 2. The van der Waals surface area contributed by atoms with Gasteiger partial charge in [-0.2, -0.15) is 4.31 Å². The largest absolute Gasteiger partial charge is 0.369 e. The molecule has 0 radical (unpaired) electrons. The zero-order chi connectivity index (χ0) is 27.9. The van der Waals surface area contributed by atoms with Crippen molar-refractivity contribution < 1.29 is 21.6 Å². The molecule has 0 unspecified atom stereocenters. The van der Waals surface area contributed by atoms with E-state index in [1.54, 1.807) is 11.4 Å². The lowest BCUT2D eigenvalue weighted by molar-refractivity contribution is -0.124. The van der Waals surface area contributed by atoms with Crippen LogP contribution in [0.15, 0.2) is 24.3 Å². The molecule has 1 heterocycles. The molecule has 0 spiro atoms. The van der Waals surface area contributed by atoms with Crippen LogP contribution in [0.3, 0.4) is 0 Å². The Bertz CT molecular complexity index is 1240. The van der Waals surface area contributed by atoms with Crippen LogP contribution in [0.5, 0.6) is 0 Å². The van der Waals surface area contributed by atoms with E-state index in [9.17, 15) is 21.6 Å². The van der Waals surface area contributed by atoms with Crippen LogP contribution in [-0.2, 0) is 24.7 Å². The van der Waals surface area contributed by atoms with E-state index < -0.39 is 31.3 Å². The number of carbonyl (C=O) groups is 1. The molecule has 2 bridgehead atoms. The predicted octanol–water partition coefficient (Wildman–Crippen LogP) is 1.78. The van der Waals surface area contributed by atoms with Gasteiger partial charge in [-0.05, 0) is 62.6 Å². The molecule has 4 atom stereocenters. The minimum absolute atomic E-state index is 0.0202. The Labute approximate surface area is 228 Å². The third kappa shape index (κ3) is 5.62. The number of hydrogen-bond acceptors (Lipinski definition) is 7. The van der Waals surface area contributed by atoms with Crippen LogP contribution in [0.4, 0.5) is 5.69 Å². The minimum atomic E-state index is -3.56. The van der Waals surface area contributed by atoms with Crippen LogP contribution in [0.2, 0.25) is 0 Å². The summed E-state index contributed by atoms with van der Waals surface area (Å²) >= 11 is 0. The first-order valence-electron chi connectivity index (χ1n) is 13.6. The molecule has 1 saturated heterocycles. The molecule has 4 rings (SSSR count). The monoisotopic (exact) mass is 568 g/mol. The Hall–Kier alpha value is -1.69. The second kappa shape index (κ2) is 10.7. The minimum Gasteiger partial charge on any atom is -0.369 e. The van der Waals surface area contributed by atoms with E-state index in [1.165, 1.54) is 5.56 Å². The maximum atomic E-state index is 13.9. The first kappa shape index (κ1) is 29.3. The number of likely N-dealkylation sites (N-methyl/N-ethyl adjacent to an activating group) is 1. The Morgan fingerprint density at radius 3 is 2.34 bits per heavy atom. The van der Waals surface area contributed by atoms with E-state index in [-0.39, 0.29) is 35.3 Å². The number of nitrogens with one attached hydrogen (secondary N) is 2. The second-order valence-corrected chi connectivity index (χ2v) is 16.3. The zero-order valence-electron chi connectivity index (χ0n) is 23.4. The third-order valence-corrected chi connectivity index (χ3v) is 12.7. The summed E-state index contributed by atoms with van der Waals surface area (Å²) < 4.78 is 52.7. The lowest BCUT2D eigenvalue weighted by atomic mass is 9.69. The summed E-state index contributed by atoms with van der Waals surface area (Å²) in [5.74, 6) is 0.0172. The van der Waals surface area contributed by atoms with Crippen LogP contribution in [0.25, 0.3) is 0 Å². The Kier molecular flexibility index (Phi) is 8.25. The summed E-state index contributed by atoms with van der Waals surface area (Å²) in [7, 11) is -5.11. The molecule has 2 N–H and O–H groups in total. The van der Waals surface area contributed by atoms with Gasteiger partial charge in [0.1, 0.15) is 9.84 Å². The SMILES string of the molecule is CN[C@@H](CCS(C)(=O)=O)C(=O)N[C@H]1C[C@H]2CC[C@]1(CS(=O)(=O)N1CCN(c3ccccc3C)CC1)C2(C)C. The second-order valence-electron chi connectivity index (χ2n) is 12.1. The number of fused-ring (bicyclic) bond motifs is 2. The molecular formula is C27H44N4O5S2. The highest BCUT2D eigenvalue weighted by Crippen LogP contribution is 2.66. The molecule has 2 saturated carbocycles. The van der Waals surface area contributed by atoms with Crippen molar-refractivity contribution in [3.63, 3.8) is 0 Å². The van der Waals surface area contributed by atoms with Gasteiger partial charge in [0.05, 0.1) is 17.5 Å². The fourth-order valence-electron chi connectivity index (χ4n) is 7.18. The van der Waals surface area contributed by atoms with Crippen molar-refractivity contribution in [3.8, 4) is 0 Å². The van der Waals surface area contributed by atoms with Crippen LogP contribution in [0, 0.1) is 23.7 Å². The fraction of sp³-hybridized carbons (Fsp3) is 0.741. The number of para-hydroxylation sites is 1. The van der Waals surface area contributed by atoms with Gasteiger partial charge in [0.2, 0.25) is 15.9 Å². The maximum absolute atomic E-state index is 13.9. The summed E-state index contributed by atoms with van der Waals surface area (Å²) in [5.41, 5.74) is 1.54. The zero-order valence-corrected chi connectivity index (χ0v) is 25.0. The van der Waals surface area contributed by atoms with Crippen molar-refractivity contribution in [2.24, 2.45) is 16.7 Å². The van der Waals surface area contributed by atoms with E-state index in [0.29, 0.717) is 32.1 Å². The molecule has 9 nitrogen and oxygen atoms in total. The van der Waals surface area contributed by atoms with Crippen molar-refractivity contribution in [2.75, 3.05) is 55.9 Å². The average Bonchev–Trinajstić information content (AvgIpc) is 3.19. The summed E-state index contributed by atoms with van der Waals surface area (Å²) in [6.45, 7) is 8.57. The molecule has 3 aliphatic rings. The van der Waals surface area contributed by atoms with E-state index in [1.807, 2.05) is 12.1 Å². The molecule has 38 heavy (non-hydrogen) atoms. The van der Waals surface area contributed by atoms with Gasteiger partial charge in [0, 0.05) is 49.6 Å². The van der Waals surface area contributed by atoms with E-state index in [4.69, 9.17) is 0 Å². The van der Waals surface area contributed by atoms with Crippen molar-refractivity contribution in [1.82, 2.24) is 14.9 Å². The molecular weight excluding hydrogens is 524 g/mol. The van der Waals surface area contributed by atoms with Gasteiger partial charge in [-0.1, -0.05) is 32.0 Å². The van der Waals surface area contributed by atoms with E-state index in [0.717, 1.165) is 31.2 Å². The molecule has 214 valence electrons. The topological polar surface area (TPSA) is 116 Å². The first-order chi connectivity index (χ1) is 17.7. The maximum Gasteiger partial charge on any atom is 0.237 e. The standard InChI is InChI=1S/C27H44N4O5S2/c1-20-8-6-7-9-23(20)30-13-15-31(16-14-30)38(35,36)19-27-12-10-21(26(27,2)3)18-24(27)29-25(32)22(28-4)11-17-37(5,33)34/h6-9,21-22,24,28H,10-19H2,1-5H3,(H,29,32)/t21-,22+,24+,27-/m1/s1. The number of anilines is 1. The van der Waals surface area contributed by atoms with Crippen molar-refractivity contribution >= 4 is 31.5 Å². The number of aryl methyl sites for hydroxylation is 1. The van der Waals surface area contributed by atoms with Crippen LogP contribution in [-0.4, -0.2) is 90.1 Å². The van der Waals surface area contributed by atoms with Crippen LogP contribution < -0.4 is 15.5 Å². The van der Waals surface area contributed by atoms with Crippen molar-refractivity contribution in [2.45, 2.75) is 58.5 Å². The quantitative estimate of drug-likeness (QED) is 0.442. The predicted molar refractivity (Wildman–Crippen MR) is 151 cm³/mol. The first-order valence-corrected chi connectivity index (χ1v) is 17.3. The van der Waals surface area contributed by atoms with Gasteiger partial charge >= 0.3 is 0 Å². The van der Waals surface area contributed by atoms with Gasteiger partial charge in [0.25, 0.3) is 0 Å². The van der Waals surface area contributed by atoms with Crippen LogP contribution >= 0.6 is 0 Å². The summed E-state index contributed by atoms with van der Waals surface area (Å²) in [6, 6.07) is 7.27. The highest BCUT2D eigenvalue weighted by atomic mass is 32.2. The van der Waals surface area contributed by atoms with Gasteiger partial charge in [-0.25, -0.2) is 16.8 Å². The molecule has 11 heteroatoms. The number of piperazine rings is 1. The van der Waals surface area contributed by atoms with Crippen molar-refractivity contribution in [3.05, 3.63) is 29.8 Å². The molecule has 1 aliphatic heterocycles. The number of rotatable bonds is 10. The number of hydrogen-bond donors (Lipinski definition) is 2. The highest BCUT2D eigenvalue weighted by molar-refractivity contribution is 7.90. The lowest BCUT2D eigenvalue weighted by Gasteiger charge is -2.44. The van der Waals surface area contributed by atoms with E-state index in [2.05, 4.69) is 48.4 Å². The number of amides is 1. The normalized spacial score (nSPS) is 28.4. The van der Waals surface area contributed by atoms with E-state index >= 15 is 0 Å². The Balaban J connectivity index is 1.48. The van der Waals surface area contributed by atoms with Gasteiger partial charge in [0.15, 0.2) is 0 Å². The third-order valence-electron chi connectivity index (χ3n) is 9.72. The fourth-order valence-corrected chi connectivity index (χ4v) is 10.1. The molecule has 1 aromatic rings. The Morgan fingerprint density at radius 2 is 1.76 bits per heavy atom. The number of sulfonamides is 1. The van der Waals surface area contributed by atoms with Crippen molar-refractivity contribution in [1.29, 1.82) is 0 Å². The summed E-state index contributed by atoms with van der Waals surface area (Å²) in [4.78, 5) is 15.5. The van der Waals surface area contributed by atoms with Gasteiger partial charge < -0.3 is 15.5 Å². The highest BCUT2D eigenvalue weighted by Gasteiger charge is 2.66. The smallest absolute Gasteiger partial charge is 0.237 e. The summed E-state index contributed by atoms with van der Waals surface area (Å²) in [6.07, 6.45) is 3.80. The molecule has 1 amide bonds. The molecule has 1 aromatic carbocycles. The molecule has 3 fully saturated rings. The van der Waals surface area contributed by atoms with Gasteiger partial charge in [-0.3, -0.25) is 4.79 Å². The lowest BCUT2D eigenvalue weighted by Crippen LogP contribution is -2.58. The van der Waals surface area contributed by atoms with Crippen LogP contribution in [0.1, 0.15) is 45.1 Å². The summed E-state index contributed by atoms with van der Waals surface area (Å²) in [5, 5.41) is 6.11. The number of benzene rings is 1. The molecule has 2 aliphatic carbocycles. The average molecular weight is 569 g/mol. The number of carbonyl (C=O) groups excluding carboxylic acids is 1. The number of sulfone groups is 1. The Morgan fingerprint density at radius 1 is 1.11 bits per heavy atom.